The van der Waals surface area contributed by atoms with E-state index in [4.69, 9.17) is 9.73 Å². The topological polar surface area (TPSA) is 79.8 Å². The van der Waals surface area contributed by atoms with E-state index in [1.165, 1.54) is 18.9 Å². The molecule has 0 saturated carbocycles. The summed E-state index contributed by atoms with van der Waals surface area (Å²) in [4.78, 5) is 29.6. The zero-order chi connectivity index (χ0) is 22.4. The molecule has 1 amide bonds. The highest BCUT2D eigenvalue weighted by Crippen LogP contribution is 2.32. The Morgan fingerprint density at radius 2 is 1.97 bits per heavy atom. The fraction of sp³-hybridized carbons (Fsp3) is 0.292. The summed E-state index contributed by atoms with van der Waals surface area (Å²) in [6.07, 6.45) is 2.54. The van der Waals surface area contributed by atoms with Crippen molar-refractivity contribution in [2.45, 2.75) is 38.9 Å². The van der Waals surface area contributed by atoms with Crippen molar-refractivity contribution in [3.05, 3.63) is 65.4 Å². The smallest absolute Gasteiger partial charge is 0.311 e. The highest BCUT2D eigenvalue weighted by Gasteiger charge is 2.22. The Morgan fingerprint density at radius 1 is 1.19 bits per heavy atom. The van der Waals surface area contributed by atoms with Crippen LogP contribution in [0.15, 0.2) is 59.2 Å². The van der Waals surface area contributed by atoms with Gasteiger partial charge in [-0.2, -0.15) is 0 Å². The molecule has 3 rings (SSSR count). The fourth-order valence-corrected chi connectivity index (χ4v) is 4.11. The molecule has 0 spiro atoms. The first-order chi connectivity index (χ1) is 14.9. The summed E-state index contributed by atoms with van der Waals surface area (Å²) in [5.41, 5.74) is 5.16. The van der Waals surface area contributed by atoms with Crippen LogP contribution in [-0.2, 0) is 14.3 Å². The number of hydrogen-bond donors (Lipinski definition) is 2. The third-order valence-electron chi connectivity index (χ3n) is 4.87. The highest BCUT2D eigenvalue weighted by atomic mass is 32.2. The Labute approximate surface area is 187 Å². The first kappa shape index (κ1) is 22.6. The number of rotatable bonds is 6. The Balaban J connectivity index is 1.84. The van der Waals surface area contributed by atoms with Crippen LogP contribution in [0.1, 0.15) is 30.9 Å². The molecule has 6 nitrogen and oxygen atoms in total. The summed E-state index contributed by atoms with van der Waals surface area (Å²) in [6, 6.07) is 13.6. The number of methoxy groups -OCH3 is 1. The lowest BCUT2D eigenvalue weighted by Gasteiger charge is -2.16. The van der Waals surface area contributed by atoms with Crippen molar-refractivity contribution in [2.24, 2.45) is 4.99 Å². The molecule has 2 N–H and O–H groups in total. The summed E-state index contributed by atoms with van der Waals surface area (Å²) in [6.45, 7) is 5.95. The van der Waals surface area contributed by atoms with Gasteiger partial charge in [-0.15, -0.1) is 0 Å². The van der Waals surface area contributed by atoms with E-state index in [1.807, 2.05) is 69.3 Å². The SMILES string of the molecule is CC[C@H](SC1=Nc2ccccc2NC(CC(=O)OC)=C1)C(=O)Nc1cc(C)ccc1C. The number of ether oxygens (including phenoxy) is 1. The van der Waals surface area contributed by atoms with Crippen LogP contribution < -0.4 is 10.6 Å². The van der Waals surface area contributed by atoms with Crippen LogP contribution in [-0.4, -0.2) is 29.3 Å². The molecule has 0 radical (unpaired) electrons. The molecule has 1 atom stereocenters. The quantitative estimate of drug-likeness (QED) is 0.595. The van der Waals surface area contributed by atoms with Gasteiger partial charge in [-0.3, -0.25) is 9.59 Å². The molecule has 0 fully saturated rings. The number of para-hydroxylation sites is 2. The van der Waals surface area contributed by atoms with E-state index < -0.39 is 0 Å². The standard InChI is InChI=1S/C24H27N3O3S/c1-5-21(24(29)27-20-12-15(2)10-11-16(20)3)31-22-13-17(14-23(28)30-4)25-18-8-6-7-9-19(18)26-22/h6-13,21,25H,5,14H2,1-4H3,(H,27,29)/t21-/m0/s1. The average Bonchev–Trinajstić information content (AvgIpc) is 2.92. The van der Waals surface area contributed by atoms with Crippen molar-refractivity contribution < 1.29 is 14.3 Å². The van der Waals surface area contributed by atoms with E-state index in [0.717, 1.165) is 28.2 Å². The molecule has 1 aliphatic heterocycles. The minimum absolute atomic E-state index is 0.0719. The van der Waals surface area contributed by atoms with Crippen molar-refractivity contribution in [1.82, 2.24) is 0 Å². The largest absolute Gasteiger partial charge is 0.469 e. The molecule has 0 bridgehead atoms. The van der Waals surface area contributed by atoms with E-state index in [1.54, 1.807) is 0 Å². The molecule has 0 aromatic heterocycles. The second-order valence-electron chi connectivity index (χ2n) is 7.34. The predicted molar refractivity (Wildman–Crippen MR) is 128 cm³/mol. The van der Waals surface area contributed by atoms with Gasteiger partial charge in [0.1, 0.15) is 0 Å². The predicted octanol–water partition coefficient (Wildman–Crippen LogP) is 5.36. The molecule has 162 valence electrons. The maximum Gasteiger partial charge on any atom is 0.311 e. The normalized spacial score (nSPS) is 13.7. The van der Waals surface area contributed by atoms with Crippen LogP contribution in [0.5, 0.6) is 0 Å². The van der Waals surface area contributed by atoms with Gasteiger partial charge in [0.15, 0.2) is 0 Å². The number of aliphatic imine (C=N–C) groups is 1. The number of anilines is 2. The molecule has 2 aromatic carbocycles. The summed E-state index contributed by atoms with van der Waals surface area (Å²) < 4.78 is 4.81. The second-order valence-corrected chi connectivity index (χ2v) is 8.56. The summed E-state index contributed by atoms with van der Waals surface area (Å²) in [5.74, 6) is -0.417. The van der Waals surface area contributed by atoms with Crippen LogP contribution in [0.4, 0.5) is 17.1 Å². The number of hydrogen-bond acceptors (Lipinski definition) is 6. The zero-order valence-corrected chi connectivity index (χ0v) is 19.0. The molecular formula is C24H27N3O3S. The third kappa shape index (κ3) is 5.98. The van der Waals surface area contributed by atoms with Crippen molar-refractivity contribution in [2.75, 3.05) is 17.7 Å². The van der Waals surface area contributed by atoms with Gasteiger partial charge in [0, 0.05) is 11.4 Å². The van der Waals surface area contributed by atoms with Gasteiger partial charge in [-0.25, -0.2) is 4.99 Å². The lowest BCUT2D eigenvalue weighted by molar-refractivity contribution is -0.139. The second kappa shape index (κ2) is 10.3. The van der Waals surface area contributed by atoms with Gasteiger partial charge < -0.3 is 15.4 Å². The average molecular weight is 438 g/mol. The van der Waals surface area contributed by atoms with Crippen LogP contribution in [0.25, 0.3) is 0 Å². The van der Waals surface area contributed by atoms with Crippen molar-refractivity contribution >= 4 is 45.7 Å². The number of thioether (sulfide) groups is 1. The highest BCUT2D eigenvalue weighted by molar-refractivity contribution is 8.15. The Bertz CT molecular complexity index is 1050. The number of fused-ring (bicyclic) bond motifs is 1. The van der Waals surface area contributed by atoms with Gasteiger partial charge in [-0.1, -0.05) is 43.0 Å². The summed E-state index contributed by atoms with van der Waals surface area (Å²) in [7, 11) is 1.36. The molecule has 0 aliphatic carbocycles. The van der Waals surface area contributed by atoms with Crippen LogP contribution in [0.3, 0.4) is 0 Å². The van der Waals surface area contributed by atoms with Crippen LogP contribution in [0.2, 0.25) is 0 Å². The van der Waals surface area contributed by atoms with E-state index in [2.05, 4.69) is 10.6 Å². The number of nitrogens with zero attached hydrogens (tertiary/aromatic N) is 1. The van der Waals surface area contributed by atoms with Crippen molar-refractivity contribution in [3.8, 4) is 0 Å². The number of aryl methyl sites for hydroxylation is 2. The van der Waals surface area contributed by atoms with E-state index in [9.17, 15) is 9.59 Å². The maximum atomic E-state index is 13.0. The van der Waals surface area contributed by atoms with Crippen LogP contribution in [0, 0.1) is 13.8 Å². The molecule has 7 heteroatoms. The molecule has 0 unspecified atom stereocenters. The number of carbonyl (C=O) groups excluding carboxylic acids is 2. The lowest BCUT2D eigenvalue weighted by Crippen LogP contribution is -2.26. The van der Waals surface area contributed by atoms with E-state index >= 15 is 0 Å². The Hall–Kier alpha value is -3.06. The monoisotopic (exact) mass is 437 g/mol. The van der Waals surface area contributed by atoms with E-state index in [0.29, 0.717) is 17.2 Å². The number of nitrogens with one attached hydrogen (secondary N) is 2. The lowest BCUT2D eigenvalue weighted by atomic mass is 10.1. The van der Waals surface area contributed by atoms with Gasteiger partial charge >= 0.3 is 5.97 Å². The zero-order valence-electron chi connectivity index (χ0n) is 18.2. The Kier molecular flexibility index (Phi) is 7.52. The van der Waals surface area contributed by atoms with Crippen molar-refractivity contribution in [3.63, 3.8) is 0 Å². The fourth-order valence-electron chi connectivity index (χ4n) is 3.12. The van der Waals surface area contributed by atoms with E-state index in [-0.39, 0.29) is 23.5 Å². The van der Waals surface area contributed by atoms with Gasteiger partial charge in [0.2, 0.25) is 5.91 Å². The summed E-state index contributed by atoms with van der Waals surface area (Å²) in [5, 5.41) is 6.65. The molecule has 31 heavy (non-hydrogen) atoms. The van der Waals surface area contributed by atoms with Gasteiger partial charge in [-0.05, 0) is 55.7 Å². The number of benzene rings is 2. The minimum Gasteiger partial charge on any atom is -0.469 e. The Morgan fingerprint density at radius 3 is 2.71 bits per heavy atom. The van der Waals surface area contributed by atoms with Crippen molar-refractivity contribution in [1.29, 1.82) is 0 Å². The summed E-state index contributed by atoms with van der Waals surface area (Å²) >= 11 is 1.39. The molecule has 0 saturated heterocycles. The molecule has 1 aliphatic rings. The first-order valence-electron chi connectivity index (χ1n) is 10.2. The van der Waals surface area contributed by atoms with Crippen LogP contribution >= 0.6 is 11.8 Å². The maximum absolute atomic E-state index is 13.0. The van der Waals surface area contributed by atoms with Gasteiger partial charge in [0.05, 0.1) is 35.2 Å². The first-order valence-corrected chi connectivity index (χ1v) is 11.0. The third-order valence-corrected chi connectivity index (χ3v) is 6.15. The minimum atomic E-state index is -0.345. The number of esters is 1. The van der Waals surface area contributed by atoms with Gasteiger partial charge in [0.25, 0.3) is 0 Å². The molecule has 1 heterocycles. The molecule has 2 aromatic rings. The number of amides is 1. The molecular weight excluding hydrogens is 410 g/mol. The number of carbonyl (C=O) groups is 2.